The number of piperidine rings is 1. The van der Waals surface area contributed by atoms with Crippen molar-refractivity contribution in [3.8, 4) is 0 Å². The number of nitrogens with one attached hydrogen (secondary N) is 1. The quantitative estimate of drug-likeness (QED) is 0.529. The van der Waals surface area contributed by atoms with Crippen molar-refractivity contribution in [2.45, 2.75) is 38.0 Å². The zero-order chi connectivity index (χ0) is 17.0. The van der Waals surface area contributed by atoms with Crippen molar-refractivity contribution in [1.82, 2.24) is 15.1 Å². The standard InChI is InChI=1S/C14H24BN3O5/c1-17-9-10(4-5-12(17)19)14(21)16-8-13(20)18-6-2-3-11(18)7-15(22)23/h10-11,22-23H,2-9H2,1H3,(H,16,21). The van der Waals surface area contributed by atoms with E-state index in [1.807, 2.05) is 0 Å². The van der Waals surface area contributed by atoms with Crippen molar-refractivity contribution in [3.05, 3.63) is 0 Å². The summed E-state index contributed by atoms with van der Waals surface area (Å²) < 4.78 is 0. The third-order valence-electron chi connectivity index (χ3n) is 4.59. The number of hydrogen-bond donors (Lipinski definition) is 3. The van der Waals surface area contributed by atoms with Crippen LogP contribution in [0.5, 0.6) is 0 Å². The number of nitrogens with zero attached hydrogens (tertiary/aromatic N) is 2. The molecule has 0 aromatic heterocycles. The van der Waals surface area contributed by atoms with Crippen LogP contribution in [0.25, 0.3) is 0 Å². The van der Waals surface area contributed by atoms with Gasteiger partial charge in [-0.1, -0.05) is 0 Å². The van der Waals surface area contributed by atoms with Crippen LogP contribution < -0.4 is 5.32 Å². The summed E-state index contributed by atoms with van der Waals surface area (Å²) in [5, 5.41) is 20.8. The first-order valence-electron chi connectivity index (χ1n) is 8.05. The Balaban J connectivity index is 1.79. The Morgan fingerprint density at radius 1 is 1.35 bits per heavy atom. The van der Waals surface area contributed by atoms with E-state index in [-0.39, 0.29) is 42.5 Å². The zero-order valence-corrected chi connectivity index (χ0v) is 13.4. The van der Waals surface area contributed by atoms with Gasteiger partial charge in [-0.05, 0) is 19.3 Å². The number of carbonyl (C=O) groups is 3. The van der Waals surface area contributed by atoms with Crippen LogP contribution in [-0.4, -0.2) is 77.4 Å². The highest BCUT2D eigenvalue weighted by molar-refractivity contribution is 6.41. The fourth-order valence-electron chi connectivity index (χ4n) is 3.29. The number of amides is 3. The molecular formula is C14H24BN3O5. The molecule has 3 N–H and O–H groups in total. The Hall–Kier alpha value is -1.61. The van der Waals surface area contributed by atoms with Gasteiger partial charge in [0.2, 0.25) is 17.7 Å². The number of likely N-dealkylation sites (tertiary alicyclic amines) is 2. The topological polar surface area (TPSA) is 110 Å². The largest absolute Gasteiger partial charge is 0.453 e. The highest BCUT2D eigenvalue weighted by Crippen LogP contribution is 2.21. The Bertz CT molecular complexity index is 473. The van der Waals surface area contributed by atoms with Crippen LogP contribution in [0.15, 0.2) is 0 Å². The molecule has 2 fully saturated rings. The smallest absolute Gasteiger partial charge is 0.427 e. The number of rotatable bonds is 5. The SMILES string of the molecule is CN1CC(C(=O)NCC(=O)N2CCCC2CB(O)O)CCC1=O. The average molecular weight is 325 g/mol. The van der Waals surface area contributed by atoms with Crippen LogP contribution in [0.4, 0.5) is 0 Å². The van der Waals surface area contributed by atoms with E-state index in [0.717, 1.165) is 12.8 Å². The molecule has 8 nitrogen and oxygen atoms in total. The number of carbonyl (C=O) groups excluding carboxylic acids is 3. The van der Waals surface area contributed by atoms with Crippen LogP contribution in [0.1, 0.15) is 25.7 Å². The summed E-state index contributed by atoms with van der Waals surface area (Å²) in [6.07, 6.45) is 2.56. The minimum absolute atomic E-state index is 0.0348. The molecule has 9 heteroatoms. The lowest BCUT2D eigenvalue weighted by atomic mass is 9.81. The molecule has 0 aromatic carbocycles. The van der Waals surface area contributed by atoms with Gasteiger partial charge < -0.3 is 25.2 Å². The number of hydrogen-bond acceptors (Lipinski definition) is 5. The Labute approximate surface area is 136 Å². The van der Waals surface area contributed by atoms with Gasteiger partial charge in [0, 0.05) is 38.9 Å². The van der Waals surface area contributed by atoms with Gasteiger partial charge in [-0.2, -0.15) is 0 Å². The highest BCUT2D eigenvalue weighted by atomic mass is 16.4. The van der Waals surface area contributed by atoms with Gasteiger partial charge in [-0.25, -0.2) is 0 Å². The summed E-state index contributed by atoms with van der Waals surface area (Å²) in [5.41, 5.74) is 0. The predicted octanol–water partition coefficient (Wildman–Crippen LogP) is -1.57. The van der Waals surface area contributed by atoms with E-state index in [1.165, 1.54) is 4.90 Å². The second-order valence-electron chi connectivity index (χ2n) is 6.33. The van der Waals surface area contributed by atoms with Gasteiger partial charge >= 0.3 is 7.12 Å². The van der Waals surface area contributed by atoms with E-state index in [2.05, 4.69) is 5.32 Å². The van der Waals surface area contributed by atoms with Gasteiger partial charge in [0.25, 0.3) is 0 Å². The Morgan fingerprint density at radius 3 is 2.74 bits per heavy atom. The van der Waals surface area contributed by atoms with Crippen LogP contribution in [0.2, 0.25) is 6.32 Å². The van der Waals surface area contributed by atoms with Gasteiger partial charge in [-0.15, -0.1) is 0 Å². The van der Waals surface area contributed by atoms with Crippen molar-refractivity contribution >= 4 is 24.8 Å². The van der Waals surface area contributed by atoms with Gasteiger partial charge in [-0.3, -0.25) is 14.4 Å². The van der Waals surface area contributed by atoms with Gasteiger partial charge in [0.1, 0.15) is 0 Å². The molecule has 2 rings (SSSR count). The normalized spacial score (nSPS) is 24.7. The lowest BCUT2D eigenvalue weighted by molar-refractivity contribution is -0.139. The highest BCUT2D eigenvalue weighted by Gasteiger charge is 2.32. The molecule has 2 atom stereocenters. The molecular weight excluding hydrogens is 301 g/mol. The Morgan fingerprint density at radius 2 is 2.09 bits per heavy atom. The van der Waals surface area contributed by atoms with Crippen molar-refractivity contribution in [3.63, 3.8) is 0 Å². The van der Waals surface area contributed by atoms with Gasteiger partial charge in [0.05, 0.1) is 12.5 Å². The fraction of sp³-hybridized carbons (Fsp3) is 0.786. The summed E-state index contributed by atoms with van der Waals surface area (Å²) in [6.45, 7) is 0.861. The summed E-state index contributed by atoms with van der Waals surface area (Å²) in [5.74, 6) is -0.663. The molecule has 2 saturated heterocycles. The molecule has 0 aromatic rings. The molecule has 128 valence electrons. The second kappa shape index (κ2) is 7.78. The maximum atomic E-state index is 12.2. The minimum Gasteiger partial charge on any atom is -0.427 e. The summed E-state index contributed by atoms with van der Waals surface area (Å²) in [7, 11) is 0.236. The first-order valence-corrected chi connectivity index (χ1v) is 8.05. The van der Waals surface area contributed by atoms with Gasteiger partial charge in [0.15, 0.2) is 0 Å². The van der Waals surface area contributed by atoms with Crippen LogP contribution in [-0.2, 0) is 14.4 Å². The molecule has 0 saturated carbocycles. The molecule has 3 amide bonds. The molecule has 2 unspecified atom stereocenters. The molecule has 2 aliphatic rings. The minimum atomic E-state index is -1.43. The lowest BCUT2D eigenvalue weighted by Crippen LogP contribution is -2.48. The zero-order valence-electron chi connectivity index (χ0n) is 13.4. The van der Waals surface area contributed by atoms with Crippen LogP contribution in [0, 0.1) is 5.92 Å². The molecule has 0 bridgehead atoms. The van der Waals surface area contributed by atoms with E-state index in [9.17, 15) is 14.4 Å². The van der Waals surface area contributed by atoms with E-state index in [1.54, 1.807) is 11.9 Å². The monoisotopic (exact) mass is 325 g/mol. The molecule has 23 heavy (non-hydrogen) atoms. The van der Waals surface area contributed by atoms with Crippen molar-refractivity contribution in [1.29, 1.82) is 0 Å². The molecule has 2 heterocycles. The third kappa shape index (κ3) is 4.68. The summed E-state index contributed by atoms with van der Waals surface area (Å²) >= 11 is 0. The van der Waals surface area contributed by atoms with E-state index >= 15 is 0 Å². The van der Waals surface area contributed by atoms with E-state index in [0.29, 0.717) is 25.9 Å². The van der Waals surface area contributed by atoms with E-state index < -0.39 is 7.12 Å². The van der Waals surface area contributed by atoms with Crippen LogP contribution in [0.3, 0.4) is 0 Å². The Kier molecular flexibility index (Phi) is 6.00. The van der Waals surface area contributed by atoms with Crippen molar-refractivity contribution in [2.75, 3.05) is 26.7 Å². The van der Waals surface area contributed by atoms with Crippen molar-refractivity contribution in [2.24, 2.45) is 5.92 Å². The van der Waals surface area contributed by atoms with E-state index in [4.69, 9.17) is 10.0 Å². The first-order chi connectivity index (χ1) is 10.9. The predicted molar refractivity (Wildman–Crippen MR) is 83.1 cm³/mol. The second-order valence-corrected chi connectivity index (χ2v) is 6.33. The maximum absolute atomic E-state index is 12.2. The fourth-order valence-corrected chi connectivity index (χ4v) is 3.29. The summed E-state index contributed by atoms with van der Waals surface area (Å²) in [4.78, 5) is 38.9. The first kappa shape index (κ1) is 17.7. The average Bonchev–Trinajstić information content (AvgIpc) is 2.94. The summed E-state index contributed by atoms with van der Waals surface area (Å²) in [6, 6.07) is -0.183. The third-order valence-corrected chi connectivity index (χ3v) is 4.59. The lowest BCUT2D eigenvalue weighted by Gasteiger charge is -2.29. The molecule has 0 radical (unpaired) electrons. The molecule has 0 spiro atoms. The molecule has 0 aliphatic carbocycles. The van der Waals surface area contributed by atoms with Crippen molar-refractivity contribution < 1.29 is 24.4 Å². The maximum Gasteiger partial charge on any atom is 0.453 e. The van der Waals surface area contributed by atoms with Crippen LogP contribution >= 0.6 is 0 Å². The molecule has 2 aliphatic heterocycles.